The number of anilines is 3. The third kappa shape index (κ3) is 4.48. The lowest BCUT2D eigenvalue weighted by molar-refractivity contribution is 0.0913. The molecular formula is C21H21FN4O3. The number of aromatic nitrogens is 1. The highest BCUT2D eigenvalue weighted by Gasteiger charge is 2.31. The Morgan fingerprint density at radius 2 is 1.55 bits per heavy atom. The molecule has 8 heteroatoms. The quantitative estimate of drug-likeness (QED) is 0.438. The molecule has 1 aromatic heterocycles. The second-order valence-corrected chi connectivity index (χ2v) is 7.69. The molecule has 0 spiro atoms. The zero-order valence-corrected chi connectivity index (χ0v) is 16.2. The van der Waals surface area contributed by atoms with Gasteiger partial charge in [-0.3, -0.25) is 19.4 Å². The van der Waals surface area contributed by atoms with E-state index in [1.165, 1.54) is 24.3 Å². The van der Waals surface area contributed by atoms with Crippen LogP contribution >= 0.6 is 0 Å². The minimum absolute atomic E-state index is 0.103. The summed E-state index contributed by atoms with van der Waals surface area (Å²) in [4.78, 5) is 40.6. The van der Waals surface area contributed by atoms with Crippen LogP contribution in [0.4, 0.5) is 21.5 Å². The number of halogens is 1. The third-order valence-electron chi connectivity index (χ3n) is 4.40. The molecular weight excluding hydrogens is 375 g/mol. The fraction of sp³-hybridized carbons (Fsp3) is 0.238. The van der Waals surface area contributed by atoms with E-state index in [9.17, 15) is 18.8 Å². The van der Waals surface area contributed by atoms with Crippen molar-refractivity contribution >= 4 is 23.0 Å². The molecule has 1 heterocycles. The summed E-state index contributed by atoms with van der Waals surface area (Å²) in [5.74, 6) is -0.873. The molecule has 2 aromatic carbocycles. The Balaban J connectivity index is 1.82. The number of carbonyl (C=O) groups excluding carboxylic acids is 1. The molecule has 3 rings (SSSR count). The molecule has 0 radical (unpaired) electrons. The predicted molar refractivity (Wildman–Crippen MR) is 110 cm³/mol. The van der Waals surface area contributed by atoms with Crippen molar-refractivity contribution in [2.24, 2.45) is 5.41 Å². The molecule has 1 unspecified atom stereocenters. The van der Waals surface area contributed by atoms with E-state index in [4.69, 9.17) is 0 Å². The molecule has 3 aromatic rings. The van der Waals surface area contributed by atoms with Crippen molar-refractivity contribution < 1.29 is 9.18 Å². The first-order valence-corrected chi connectivity index (χ1v) is 9.00. The Morgan fingerprint density at radius 1 is 0.966 bits per heavy atom. The lowest BCUT2D eigenvalue weighted by Gasteiger charge is -2.33. The second-order valence-electron chi connectivity index (χ2n) is 7.69. The largest absolute Gasteiger partial charge is 0.360 e. The first kappa shape index (κ1) is 20.2. The summed E-state index contributed by atoms with van der Waals surface area (Å²) in [5, 5.41) is 8.69. The monoisotopic (exact) mass is 396 g/mol. The normalized spacial score (nSPS) is 12.4. The van der Waals surface area contributed by atoms with Gasteiger partial charge in [-0.05, 0) is 36.4 Å². The summed E-state index contributed by atoms with van der Waals surface area (Å²) in [5.41, 5.74) is -0.671. The average molecular weight is 396 g/mol. The summed E-state index contributed by atoms with van der Waals surface area (Å²) in [6.45, 7) is 5.62. The van der Waals surface area contributed by atoms with Crippen LogP contribution in [-0.4, -0.2) is 17.1 Å². The highest BCUT2D eigenvalue weighted by atomic mass is 19.1. The topological polar surface area (TPSA) is 100 Å². The number of nitrogens with one attached hydrogen (secondary N) is 3. The van der Waals surface area contributed by atoms with Gasteiger partial charge in [0.1, 0.15) is 23.4 Å². The fourth-order valence-electron chi connectivity index (χ4n) is 2.66. The first-order chi connectivity index (χ1) is 13.7. The van der Waals surface area contributed by atoms with Crippen molar-refractivity contribution in [3.05, 3.63) is 80.6 Å². The van der Waals surface area contributed by atoms with Gasteiger partial charge in [0.05, 0.1) is 0 Å². The maximum atomic E-state index is 13.1. The van der Waals surface area contributed by atoms with Gasteiger partial charge in [0.2, 0.25) is 0 Å². The molecule has 0 aliphatic rings. The molecule has 0 aliphatic carbocycles. The number of hydrogen-bond acceptors (Lipinski definition) is 6. The van der Waals surface area contributed by atoms with E-state index in [-0.39, 0.29) is 16.9 Å². The Labute approximate surface area is 166 Å². The van der Waals surface area contributed by atoms with E-state index < -0.39 is 34.2 Å². The van der Waals surface area contributed by atoms with E-state index in [0.717, 1.165) is 0 Å². The van der Waals surface area contributed by atoms with Crippen LogP contribution in [-0.2, 0) is 0 Å². The number of carbonyl (C=O) groups is 1. The van der Waals surface area contributed by atoms with Crippen molar-refractivity contribution in [2.75, 3.05) is 10.6 Å². The summed E-state index contributed by atoms with van der Waals surface area (Å²) < 4.78 is 13.1. The molecule has 29 heavy (non-hydrogen) atoms. The molecule has 1 amide bonds. The number of pyridine rings is 1. The van der Waals surface area contributed by atoms with Crippen LogP contribution in [0.3, 0.4) is 0 Å². The van der Waals surface area contributed by atoms with Gasteiger partial charge >= 0.3 is 0 Å². The highest BCUT2D eigenvalue weighted by Crippen LogP contribution is 2.26. The maximum Gasteiger partial charge on any atom is 0.253 e. The highest BCUT2D eigenvalue weighted by molar-refractivity contribution is 5.94. The van der Waals surface area contributed by atoms with Gasteiger partial charge < -0.3 is 16.0 Å². The summed E-state index contributed by atoms with van der Waals surface area (Å²) in [6.07, 6.45) is 2.45. The van der Waals surface area contributed by atoms with E-state index in [1.807, 2.05) is 20.8 Å². The molecule has 1 atom stereocenters. The lowest BCUT2D eigenvalue weighted by atomic mass is 9.91. The molecule has 7 nitrogen and oxygen atoms in total. The number of hydrogen-bond donors (Lipinski definition) is 3. The minimum atomic E-state index is -0.665. The van der Waals surface area contributed by atoms with Crippen LogP contribution in [0.1, 0.15) is 31.1 Å². The Bertz CT molecular complexity index is 1080. The van der Waals surface area contributed by atoms with E-state index in [2.05, 4.69) is 20.9 Å². The SMILES string of the molecule is CC(C)(C)C(NC(=O)c1ccc(F)cc1)Nc1c(Nc2ccncc2)c(=O)c1=O. The van der Waals surface area contributed by atoms with Crippen molar-refractivity contribution in [3.8, 4) is 0 Å². The number of amides is 1. The van der Waals surface area contributed by atoms with Crippen molar-refractivity contribution in [1.82, 2.24) is 10.3 Å². The maximum absolute atomic E-state index is 13.1. The zero-order chi connectivity index (χ0) is 21.2. The van der Waals surface area contributed by atoms with Gasteiger partial charge in [0.15, 0.2) is 0 Å². The van der Waals surface area contributed by atoms with Gasteiger partial charge in [-0.2, -0.15) is 0 Å². The van der Waals surface area contributed by atoms with Crippen molar-refractivity contribution in [2.45, 2.75) is 26.9 Å². The zero-order valence-electron chi connectivity index (χ0n) is 16.2. The second kappa shape index (κ2) is 7.83. The van der Waals surface area contributed by atoms with Gasteiger partial charge in [0, 0.05) is 29.1 Å². The van der Waals surface area contributed by atoms with Crippen molar-refractivity contribution in [3.63, 3.8) is 0 Å². The van der Waals surface area contributed by atoms with Crippen LogP contribution < -0.4 is 26.8 Å². The molecule has 0 saturated carbocycles. The van der Waals surface area contributed by atoms with Crippen LogP contribution in [0.15, 0.2) is 58.4 Å². The standard InChI is InChI=1S/C21H21FN4O3/c1-21(2,3)20(26-19(29)12-4-6-13(22)7-5-12)25-16-15(17(27)18(16)28)24-14-8-10-23-11-9-14/h4-11,20,25H,1-3H3,(H,23,24)(H,26,29). The summed E-state index contributed by atoms with van der Waals surface area (Å²) in [6, 6.07) is 8.47. The van der Waals surface area contributed by atoms with Gasteiger partial charge in [-0.25, -0.2) is 4.39 Å². The van der Waals surface area contributed by atoms with Gasteiger partial charge in [-0.1, -0.05) is 20.8 Å². The molecule has 150 valence electrons. The Kier molecular flexibility index (Phi) is 5.45. The van der Waals surface area contributed by atoms with Crippen LogP contribution in [0.2, 0.25) is 0 Å². The smallest absolute Gasteiger partial charge is 0.253 e. The Hall–Kier alpha value is -3.55. The number of nitrogens with zero attached hydrogens (tertiary/aromatic N) is 1. The average Bonchev–Trinajstić information content (AvgIpc) is 2.69. The van der Waals surface area contributed by atoms with Crippen LogP contribution in [0.5, 0.6) is 0 Å². The lowest BCUT2D eigenvalue weighted by Crippen LogP contribution is -2.51. The number of benzene rings is 1. The third-order valence-corrected chi connectivity index (χ3v) is 4.40. The van der Waals surface area contributed by atoms with Gasteiger partial charge in [-0.15, -0.1) is 0 Å². The predicted octanol–water partition coefficient (Wildman–Crippen LogP) is 2.77. The van der Waals surface area contributed by atoms with Crippen molar-refractivity contribution in [1.29, 1.82) is 0 Å². The summed E-state index contributed by atoms with van der Waals surface area (Å²) >= 11 is 0. The van der Waals surface area contributed by atoms with E-state index in [1.54, 1.807) is 24.5 Å². The number of rotatable bonds is 6. The molecule has 0 bridgehead atoms. The van der Waals surface area contributed by atoms with E-state index >= 15 is 0 Å². The fourth-order valence-corrected chi connectivity index (χ4v) is 2.66. The summed E-state index contributed by atoms with van der Waals surface area (Å²) in [7, 11) is 0. The van der Waals surface area contributed by atoms with Gasteiger partial charge in [0.25, 0.3) is 16.8 Å². The molecule has 0 fully saturated rings. The Morgan fingerprint density at radius 3 is 2.14 bits per heavy atom. The molecule has 0 aliphatic heterocycles. The van der Waals surface area contributed by atoms with E-state index in [0.29, 0.717) is 5.69 Å². The first-order valence-electron chi connectivity index (χ1n) is 9.00. The minimum Gasteiger partial charge on any atom is -0.360 e. The molecule has 3 N–H and O–H groups in total. The molecule has 0 saturated heterocycles. The van der Waals surface area contributed by atoms with Crippen LogP contribution in [0.25, 0.3) is 0 Å². The van der Waals surface area contributed by atoms with Crippen LogP contribution in [0, 0.1) is 11.2 Å².